The van der Waals surface area contributed by atoms with Crippen molar-refractivity contribution in [2.24, 2.45) is 0 Å². The van der Waals surface area contributed by atoms with Gasteiger partial charge in [-0.3, -0.25) is 0 Å². The van der Waals surface area contributed by atoms with Gasteiger partial charge in [-0.2, -0.15) is 4.31 Å². The van der Waals surface area contributed by atoms with Gasteiger partial charge in [0.1, 0.15) is 0 Å². The molecule has 0 aliphatic carbocycles. The molecule has 0 N–H and O–H groups in total. The van der Waals surface area contributed by atoms with E-state index in [1.807, 2.05) is 12.1 Å². The number of rotatable bonds is 4. The quantitative estimate of drug-likeness (QED) is 0.781. The molecule has 0 bridgehead atoms. The molecule has 8 heteroatoms. The Hall–Kier alpha value is -1.64. The first-order chi connectivity index (χ1) is 12.9. The molecule has 2 aliphatic heterocycles. The minimum Gasteiger partial charge on any atom is -0.378 e. The van der Waals surface area contributed by atoms with Crippen molar-refractivity contribution in [1.29, 1.82) is 0 Å². The van der Waals surface area contributed by atoms with Crippen LogP contribution in [0.4, 0.5) is 4.79 Å². The zero-order valence-electron chi connectivity index (χ0n) is 16.1. The molecule has 2 aliphatic rings. The highest BCUT2D eigenvalue weighted by atomic mass is 32.2. The highest BCUT2D eigenvalue weighted by Gasteiger charge is 2.32. The van der Waals surface area contributed by atoms with Crippen molar-refractivity contribution in [1.82, 2.24) is 14.1 Å². The maximum atomic E-state index is 12.9. The lowest BCUT2D eigenvalue weighted by Gasteiger charge is -2.38. The first kappa shape index (κ1) is 20.1. The molecule has 2 amide bonds. The van der Waals surface area contributed by atoms with E-state index in [9.17, 15) is 13.2 Å². The van der Waals surface area contributed by atoms with Crippen molar-refractivity contribution in [3.05, 3.63) is 29.8 Å². The highest BCUT2D eigenvalue weighted by Crippen LogP contribution is 2.23. The Kier molecular flexibility index (Phi) is 6.39. The second-order valence-electron chi connectivity index (χ2n) is 7.15. The van der Waals surface area contributed by atoms with Crippen LogP contribution in [0.5, 0.6) is 0 Å². The fourth-order valence-corrected chi connectivity index (χ4v) is 4.85. The Morgan fingerprint density at radius 2 is 1.56 bits per heavy atom. The molecule has 0 aromatic heterocycles. The number of ether oxygens (including phenoxy) is 1. The van der Waals surface area contributed by atoms with Crippen LogP contribution in [0, 0.1) is 0 Å². The molecule has 0 radical (unpaired) electrons. The van der Waals surface area contributed by atoms with Crippen molar-refractivity contribution in [2.45, 2.75) is 31.1 Å². The molecule has 2 fully saturated rings. The highest BCUT2D eigenvalue weighted by molar-refractivity contribution is 7.89. The monoisotopic (exact) mass is 395 g/mol. The third kappa shape index (κ3) is 4.44. The fourth-order valence-electron chi connectivity index (χ4n) is 3.43. The molecule has 1 atom stereocenters. The summed E-state index contributed by atoms with van der Waals surface area (Å²) in [4.78, 5) is 16.4. The molecule has 0 spiro atoms. The number of sulfonamides is 1. The van der Waals surface area contributed by atoms with Crippen LogP contribution in [-0.4, -0.2) is 81.0 Å². The summed E-state index contributed by atoms with van der Waals surface area (Å²) < 4.78 is 32.6. The largest absolute Gasteiger partial charge is 0.378 e. The summed E-state index contributed by atoms with van der Waals surface area (Å²) >= 11 is 0. The van der Waals surface area contributed by atoms with Crippen molar-refractivity contribution < 1.29 is 17.9 Å². The fraction of sp³-hybridized carbons (Fsp3) is 0.632. The minimum atomic E-state index is -3.52. The number of hydrogen-bond donors (Lipinski definition) is 0. The normalized spacial score (nSPS) is 20.5. The van der Waals surface area contributed by atoms with Crippen molar-refractivity contribution >= 4 is 16.1 Å². The van der Waals surface area contributed by atoms with Gasteiger partial charge in [0.15, 0.2) is 0 Å². The van der Waals surface area contributed by atoms with E-state index in [1.54, 1.807) is 21.9 Å². The van der Waals surface area contributed by atoms with Crippen LogP contribution in [0.3, 0.4) is 0 Å². The molecule has 0 saturated carbocycles. The average Bonchev–Trinajstić information content (AvgIpc) is 2.73. The number of urea groups is 1. The van der Waals surface area contributed by atoms with Crippen LogP contribution in [0.25, 0.3) is 0 Å². The molecular weight excluding hydrogens is 366 g/mol. The lowest BCUT2D eigenvalue weighted by Crippen LogP contribution is -2.55. The van der Waals surface area contributed by atoms with E-state index in [1.165, 1.54) is 4.31 Å². The van der Waals surface area contributed by atoms with Gasteiger partial charge in [0.05, 0.1) is 18.1 Å². The number of piperazine rings is 1. The van der Waals surface area contributed by atoms with Gasteiger partial charge in [-0.1, -0.05) is 26.0 Å². The van der Waals surface area contributed by atoms with E-state index < -0.39 is 10.0 Å². The summed E-state index contributed by atoms with van der Waals surface area (Å²) in [6.45, 7) is 8.05. The van der Waals surface area contributed by atoms with Gasteiger partial charge in [0.2, 0.25) is 10.0 Å². The summed E-state index contributed by atoms with van der Waals surface area (Å²) in [5, 5.41) is 0. The molecule has 3 rings (SSSR count). The number of amides is 2. The van der Waals surface area contributed by atoms with Crippen molar-refractivity contribution in [2.75, 3.05) is 52.5 Å². The third-order valence-corrected chi connectivity index (χ3v) is 7.40. The zero-order chi connectivity index (χ0) is 19.4. The van der Waals surface area contributed by atoms with Gasteiger partial charge in [-0.05, 0) is 30.0 Å². The molecule has 1 aromatic rings. The third-order valence-electron chi connectivity index (χ3n) is 5.49. The van der Waals surface area contributed by atoms with Crippen LogP contribution in [0.1, 0.15) is 31.7 Å². The van der Waals surface area contributed by atoms with Crippen LogP contribution in [0.15, 0.2) is 29.2 Å². The number of nitrogens with zero attached hydrogens (tertiary/aromatic N) is 3. The van der Waals surface area contributed by atoms with Crippen molar-refractivity contribution in [3.8, 4) is 0 Å². The van der Waals surface area contributed by atoms with E-state index in [-0.39, 0.29) is 6.03 Å². The lowest BCUT2D eigenvalue weighted by atomic mass is 9.99. The maximum absolute atomic E-state index is 12.9. The van der Waals surface area contributed by atoms with Crippen LogP contribution in [-0.2, 0) is 14.8 Å². The molecule has 1 unspecified atom stereocenters. The van der Waals surface area contributed by atoms with Crippen molar-refractivity contribution in [3.63, 3.8) is 0 Å². The molecule has 2 heterocycles. The predicted molar refractivity (Wildman–Crippen MR) is 103 cm³/mol. The van der Waals surface area contributed by atoms with E-state index in [0.29, 0.717) is 63.3 Å². The zero-order valence-corrected chi connectivity index (χ0v) is 17.0. The second-order valence-corrected chi connectivity index (χ2v) is 9.09. The number of hydrogen-bond acceptors (Lipinski definition) is 4. The Morgan fingerprint density at radius 3 is 2.11 bits per heavy atom. The Labute approximate surface area is 161 Å². The summed E-state index contributed by atoms with van der Waals surface area (Å²) in [6.07, 6.45) is 1.02. The smallest absolute Gasteiger partial charge is 0.320 e. The SMILES string of the molecule is CCC(C)c1ccc(S(=O)(=O)N2CCN(C(=O)N3CCOCC3)CC2)cc1. The average molecular weight is 396 g/mol. The summed E-state index contributed by atoms with van der Waals surface area (Å²) in [6, 6.07) is 7.18. The van der Waals surface area contributed by atoms with Crippen LogP contribution in [0.2, 0.25) is 0 Å². The maximum Gasteiger partial charge on any atom is 0.320 e. The molecule has 27 heavy (non-hydrogen) atoms. The Bertz CT molecular complexity index is 737. The first-order valence-electron chi connectivity index (χ1n) is 9.65. The Morgan fingerprint density at radius 1 is 1.00 bits per heavy atom. The van der Waals surface area contributed by atoms with Gasteiger partial charge in [0, 0.05) is 39.3 Å². The summed E-state index contributed by atoms with van der Waals surface area (Å²) in [5.41, 5.74) is 1.15. The molecule has 1 aromatic carbocycles. The van der Waals surface area contributed by atoms with E-state index in [4.69, 9.17) is 4.74 Å². The molecular formula is C19H29N3O4S. The Balaban J connectivity index is 1.61. The first-order valence-corrected chi connectivity index (χ1v) is 11.1. The van der Waals surface area contributed by atoms with Crippen LogP contribution < -0.4 is 0 Å². The van der Waals surface area contributed by atoms with Gasteiger partial charge in [0.25, 0.3) is 0 Å². The predicted octanol–water partition coefficient (Wildman–Crippen LogP) is 1.96. The summed E-state index contributed by atoms with van der Waals surface area (Å²) in [5.74, 6) is 0.413. The van der Waals surface area contributed by atoms with Gasteiger partial charge in [-0.25, -0.2) is 13.2 Å². The molecule has 150 valence electrons. The number of benzene rings is 1. The van der Waals surface area contributed by atoms with Crippen LogP contribution >= 0.6 is 0 Å². The topological polar surface area (TPSA) is 70.2 Å². The minimum absolute atomic E-state index is 0.0201. The van der Waals surface area contributed by atoms with E-state index in [0.717, 1.165) is 12.0 Å². The molecule has 2 saturated heterocycles. The van der Waals surface area contributed by atoms with Gasteiger partial charge < -0.3 is 14.5 Å². The van der Waals surface area contributed by atoms with Gasteiger partial charge >= 0.3 is 6.03 Å². The second kappa shape index (κ2) is 8.58. The van der Waals surface area contributed by atoms with E-state index in [2.05, 4.69) is 13.8 Å². The number of morpholine rings is 1. The number of carbonyl (C=O) groups is 1. The van der Waals surface area contributed by atoms with E-state index >= 15 is 0 Å². The van der Waals surface area contributed by atoms with Gasteiger partial charge in [-0.15, -0.1) is 0 Å². The molecule has 7 nitrogen and oxygen atoms in total. The lowest BCUT2D eigenvalue weighted by molar-refractivity contribution is 0.0405. The number of carbonyl (C=O) groups excluding carboxylic acids is 1. The standard InChI is InChI=1S/C19H29N3O4S/c1-3-16(2)17-4-6-18(7-5-17)27(24,25)22-10-8-20(9-11-22)19(23)21-12-14-26-15-13-21/h4-7,16H,3,8-15H2,1-2H3. The summed E-state index contributed by atoms with van der Waals surface area (Å²) in [7, 11) is -3.52.